The summed E-state index contributed by atoms with van der Waals surface area (Å²) in [7, 11) is -5.05. The molecule has 17 nitrogen and oxygen atoms in total. The van der Waals surface area contributed by atoms with Crippen molar-refractivity contribution in [3.63, 3.8) is 0 Å². The molecule has 0 radical (unpaired) electrons. The SMILES string of the molecule is NC(=O)NCCC[C@H](NC(=O)OCC1c2ccccc2-c2ccccc21)C(=O)Nc1ccc(C(OC=O)Oc2ccc([N+](=O)[O-])cc2)c(S(=O)(=O)O)c1. The van der Waals surface area contributed by atoms with Gasteiger partial charge in [-0.25, -0.2) is 9.59 Å². The number of carbonyl (C=O) groups excluding carboxylic acids is 4. The van der Waals surface area contributed by atoms with Crippen LogP contribution in [0.4, 0.5) is 21.0 Å². The second-order valence-corrected chi connectivity index (χ2v) is 13.0. The molecule has 18 heteroatoms. The number of nitro benzene ring substituents is 1. The number of ether oxygens (including phenoxy) is 3. The molecule has 4 aromatic rings. The second-order valence-electron chi connectivity index (χ2n) is 11.6. The van der Waals surface area contributed by atoms with Crippen LogP contribution in [-0.4, -0.2) is 61.6 Å². The van der Waals surface area contributed by atoms with Gasteiger partial charge in [0.15, 0.2) is 0 Å². The topological polar surface area (TPSA) is 256 Å². The molecule has 1 aliphatic rings. The van der Waals surface area contributed by atoms with Gasteiger partial charge in [-0.05, 0) is 65.4 Å². The number of urea groups is 1. The van der Waals surface area contributed by atoms with Crippen molar-refractivity contribution in [2.24, 2.45) is 5.73 Å². The first kappa shape index (κ1) is 37.7. The second kappa shape index (κ2) is 16.7. The summed E-state index contributed by atoms with van der Waals surface area (Å²) in [6.45, 7) is -0.00522. The molecule has 0 aliphatic heterocycles. The molecule has 1 unspecified atom stereocenters. The van der Waals surface area contributed by atoms with E-state index in [1.165, 1.54) is 18.2 Å². The van der Waals surface area contributed by atoms with Crippen LogP contribution < -0.4 is 26.4 Å². The predicted molar refractivity (Wildman–Crippen MR) is 187 cm³/mol. The zero-order valence-corrected chi connectivity index (χ0v) is 28.5. The number of amides is 4. The van der Waals surface area contributed by atoms with Crippen molar-refractivity contribution in [2.75, 3.05) is 18.5 Å². The minimum absolute atomic E-state index is 0.0160. The number of primary amides is 1. The summed E-state index contributed by atoms with van der Waals surface area (Å²) < 4.78 is 51.1. The van der Waals surface area contributed by atoms with Crippen molar-refractivity contribution in [3.8, 4) is 16.9 Å². The van der Waals surface area contributed by atoms with Crippen molar-refractivity contribution >= 4 is 46.0 Å². The Morgan fingerprint density at radius 3 is 2.19 bits per heavy atom. The van der Waals surface area contributed by atoms with Crippen LogP contribution in [-0.2, 0) is 29.2 Å². The van der Waals surface area contributed by atoms with Gasteiger partial charge < -0.3 is 35.9 Å². The third-order valence-electron chi connectivity index (χ3n) is 8.20. The van der Waals surface area contributed by atoms with Crippen LogP contribution in [0.2, 0.25) is 0 Å². The minimum atomic E-state index is -5.05. The predicted octanol–water partition coefficient (Wildman–Crippen LogP) is 4.39. The molecule has 0 aromatic heterocycles. The maximum absolute atomic E-state index is 13.5. The van der Waals surface area contributed by atoms with Gasteiger partial charge in [0.1, 0.15) is 23.3 Å². The summed E-state index contributed by atoms with van der Waals surface area (Å²) in [5.74, 6) is -1.11. The largest absolute Gasteiger partial charge is 0.450 e. The zero-order chi connectivity index (χ0) is 38.1. The molecule has 276 valence electrons. The highest BCUT2D eigenvalue weighted by molar-refractivity contribution is 7.85. The molecule has 0 saturated heterocycles. The van der Waals surface area contributed by atoms with E-state index in [4.69, 9.17) is 19.9 Å². The van der Waals surface area contributed by atoms with E-state index in [1.807, 2.05) is 48.5 Å². The smallest absolute Gasteiger partial charge is 0.407 e. The first-order chi connectivity index (χ1) is 25.3. The molecule has 4 aromatic carbocycles. The Labute approximate surface area is 302 Å². The Kier molecular flexibility index (Phi) is 11.9. The molecule has 2 atom stereocenters. The van der Waals surface area contributed by atoms with Gasteiger partial charge in [-0.2, -0.15) is 8.42 Å². The number of fused-ring (bicyclic) bond motifs is 3. The van der Waals surface area contributed by atoms with Crippen LogP contribution in [0.25, 0.3) is 11.1 Å². The van der Waals surface area contributed by atoms with E-state index < -0.39 is 50.3 Å². The molecule has 6 N–H and O–H groups in total. The van der Waals surface area contributed by atoms with Gasteiger partial charge in [-0.1, -0.05) is 48.5 Å². The van der Waals surface area contributed by atoms with Crippen molar-refractivity contribution in [1.29, 1.82) is 0 Å². The van der Waals surface area contributed by atoms with Gasteiger partial charge in [-0.15, -0.1) is 0 Å². The van der Waals surface area contributed by atoms with Crippen LogP contribution in [0, 0.1) is 10.1 Å². The van der Waals surface area contributed by atoms with Gasteiger partial charge in [0, 0.05) is 30.3 Å². The number of nitrogens with one attached hydrogen (secondary N) is 3. The van der Waals surface area contributed by atoms with Crippen molar-refractivity contribution in [1.82, 2.24) is 10.6 Å². The quantitative estimate of drug-likeness (QED) is 0.0267. The highest BCUT2D eigenvalue weighted by Gasteiger charge is 2.31. The Morgan fingerprint density at radius 2 is 1.60 bits per heavy atom. The van der Waals surface area contributed by atoms with E-state index in [-0.39, 0.29) is 61.1 Å². The van der Waals surface area contributed by atoms with Crippen LogP contribution in [0.1, 0.15) is 41.7 Å². The average molecular weight is 748 g/mol. The third-order valence-corrected chi connectivity index (χ3v) is 9.11. The summed E-state index contributed by atoms with van der Waals surface area (Å²) in [6, 6.07) is 21.2. The van der Waals surface area contributed by atoms with Gasteiger partial charge in [0.05, 0.1) is 10.5 Å². The highest BCUT2D eigenvalue weighted by atomic mass is 32.2. The average Bonchev–Trinajstić information content (AvgIpc) is 3.45. The van der Waals surface area contributed by atoms with Crippen molar-refractivity contribution < 1.29 is 51.3 Å². The molecule has 1 aliphatic carbocycles. The number of nitrogens with zero attached hydrogens (tertiary/aromatic N) is 1. The van der Waals surface area contributed by atoms with Crippen molar-refractivity contribution in [2.45, 2.75) is 36.0 Å². The van der Waals surface area contributed by atoms with E-state index in [2.05, 4.69) is 16.0 Å². The molecule has 0 bridgehead atoms. The van der Waals surface area contributed by atoms with E-state index in [9.17, 15) is 42.3 Å². The summed E-state index contributed by atoms with van der Waals surface area (Å²) in [5.41, 5.74) is 8.35. The van der Waals surface area contributed by atoms with E-state index in [0.29, 0.717) is 0 Å². The normalized spacial score (nSPS) is 13.0. The van der Waals surface area contributed by atoms with E-state index in [1.54, 1.807) is 0 Å². The maximum atomic E-state index is 13.5. The third kappa shape index (κ3) is 9.43. The Morgan fingerprint density at radius 1 is 0.962 bits per heavy atom. The summed E-state index contributed by atoms with van der Waals surface area (Å²) in [4.78, 5) is 58.6. The van der Waals surface area contributed by atoms with E-state index >= 15 is 0 Å². The van der Waals surface area contributed by atoms with Crippen LogP contribution in [0.5, 0.6) is 5.75 Å². The number of carbonyl (C=O) groups is 4. The number of hydrogen-bond acceptors (Lipinski definition) is 11. The maximum Gasteiger partial charge on any atom is 0.407 e. The standard InChI is InChI=1S/C35H33N5O12S/c36-34(43)37-17-5-10-30(39-35(44)50-19-29-26-8-3-1-6-24(26)25-7-2-4-9-27(25)29)32(42)38-21-11-16-28(31(18-21)53(47,48)49)33(51-20-41)52-23-14-12-22(13-15-23)40(45)46/h1-4,6-9,11-16,18,20,29-30,33H,5,10,17,19H2,(H,38,42)(H,39,44)(H3,36,37,43)(H,47,48,49)/t30-,33?/m0/s1. The lowest BCUT2D eigenvalue weighted by Crippen LogP contribution is -2.44. The molecule has 0 fully saturated rings. The van der Waals surface area contributed by atoms with Gasteiger partial charge >= 0.3 is 12.1 Å². The zero-order valence-electron chi connectivity index (χ0n) is 27.7. The number of benzene rings is 4. The Balaban J connectivity index is 1.32. The van der Waals surface area contributed by atoms with Gasteiger partial charge in [0.2, 0.25) is 5.91 Å². The highest BCUT2D eigenvalue weighted by Crippen LogP contribution is 2.44. The van der Waals surface area contributed by atoms with Gasteiger partial charge in [-0.3, -0.25) is 24.3 Å². The molecular formula is C35H33N5O12S. The number of nitro groups is 1. The number of hydrogen-bond donors (Lipinski definition) is 5. The summed E-state index contributed by atoms with van der Waals surface area (Å²) >= 11 is 0. The fourth-order valence-electron chi connectivity index (χ4n) is 5.81. The van der Waals surface area contributed by atoms with Crippen molar-refractivity contribution in [3.05, 3.63) is 118 Å². The molecule has 5 rings (SSSR count). The molecular weight excluding hydrogens is 714 g/mol. The first-order valence-electron chi connectivity index (χ1n) is 15.9. The Bertz CT molecular complexity index is 2080. The van der Waals surface area contributed by atoms with Crippen LogP contribution in [0.3, 0.4) is 0 Å². The fourth-order valence-corrected chi connectivity index (χ4v) is 6.55. The molecule has 0 saturated carbocycles. The summed E-state index contributed by atoms with van der Waals surface area (Å²) in [5, 5.41) is 18.4. The molecule has 0 heterocycles. The van der Waals surface area contributed by atoms with E-state index in [0.717, 1.165) is 46.5 Å². The minimum Gasteiger partial charge on any atom is -0.450 e. The molecule has 4 amide bonds. The fraction of sp³-hybridized carbons (Fsp3) is 0.200. The van der Waals surface area contributed by atoms with Gasteiger partial charge in [0.25, 0.3) is 28.6 Å². The number of alkyl carbamates (subject to hydrolysis) is 1. The van der Waals surface area contributed by atoms with Crippen LogP contribution in [0.15, 0.2) is 95.9 Å². The Hall–Kier alpha value is -6.53. The van der Waals surface area contributed by atoms with Crippen LogP contribution >= 0.6 is 0 Å². The lowest BCUT2D eigenvalue weighted by molar-refractivity contribution is -0.384. The summed E-state index contributed by atoms with van der Waals surface area (Å²) in [6.07, 6.45) is -2.50. The molecule has 0 spiro atoms. The lowest BCUT2D eigenvalue weighted by Gasteiger charge is -2.21. The molecule has 53 heavy (non-hydrogen) atoms. The number of non-ortho nitro benzene ring substituents is 1. The number of nitrogens with two attached hydrogens (primary N) is 1. The number of anilines is 1. The number of rotatable bonds is 16. The first-order valence-corrected chi connectivity index (χ1v) is 17.4. The lowest BCUT2D eigenvalue weighted by atomic mass is 9.98. The monoisotopic (exact) mass is 747 g/mol.